The molecule has 0 aliphatic heterocycles. The summed E-state index contributed by atoms with van der Waals surface area (Å²) in [7, 11) is 3.18. The van der Waals surface area contributed by atoms with Crippen LogP contribution >= 0.6 is 0 Å². The molecule has 0 bridgehead atoms. The average molecular weight is 281 g/mol. The largest absolute Gasteiger partial charge is 0.494 e. The molecule has 0 radical (unpaired) electrons. The minimum Gasteiger partial charge on any atom is -0.494 e. The van der Waals surface area contributed by atoms with E-state index in [-0.39, 0.29) is 11.6 Å². The summed E-state index contributed by atoms with van der Waals surface area (Å²) in [6.45, 7) is 3.59. The van der Waals surface area contributed by atoms with E-state index in [2.05, 4.69) is 22.5 Å². The molecule has 0 heterocycles. The smallest absolute Gasteiger partial charge is 0.191 e. The fraction of sp³-hybridized carbons (Fsp3) is 0.533. The molecule has 0 atom stereocenters. The van der Waals surface area contributed by atoms with Crippen molar-refractivity contribution < 1.29 is 9.13 Å². The Labute approximate surface area is 120 Å². The third-order valence-corrected chi connectivity index (χ3v) is 2.97. The van der Waals surface area contributed by atoms with Crippen molar-refractivity contribution in [1.82, 2.24) is 10.6 Å². The molecule has 0 unspecified atom stereocenters. The number of nitrogens with one attached hydrogen (secondary N) is 2. The molecular weight excluding hydrogens is 257 g/mol. The van der Waals surface area contributed by atoms with Crippen molar-refractivity contribution in [2.45, 2.75) is 32.7 Å². The minimum atomic E-state index is -0.349. The SMILES string of the molecule is CCCCCNC(=NC)NCc1ccc(OC)c(F)c1. The topological polar surface area (TPSA) is 45.7 Å². The van der Waals surface area contributed by atoms with Crippen molar-refractivity contribution in [3.63, 3.8) is 0 Å². The Kier molecular flexibility index (Phi) is 7.47. The normalized spacial score (nSPS) is 11.3. The average Bonchev–Trinajstić information content (AvgIpc) is 2.46. The second-order valence-electron chi connectivity index (χ2n) is 4.53. The quantitative estimate of drug-likeness (QED) is 0.459. The van der Waals surface area contributed by atoms with E-state index in [4.69, 9.17) is 4.74 Å². The highest BCUT2D eigenvalue weighted by Crippen LogP contribution is 2.17. The Morgan fingerprint density at radius 3 is 2.70 bits per heavy atom. The maximum Gasteiger partial charge on any atom is 0.191 e. The number of ether oxygens (including phenoxy) is 1. The second-order valence-corrected chi connectivity index (χ2v) is 4.53. The van der Waals surface area contributed by atoms with Gasteiger partial charge in [-0.15, -0.1) is 0 Å². The first-order chi connectivity index (χ1) is 9.71. The van der Waals surface area contributed by atoms with Gasteiger partial charge in [0, 0.05) is 20.1 Å². The molecule has 0 fully saturated rings. The van der Waals surface area contributed by atoms with Crippen LogP contribution in [0.25, 0.3) is 0 Å². The fourth-order valence-corrected chi connectivity index (χ4v) is 1.81. The van der Waals surface area contributed by atoms with E-state index in [1.165, 1.54) is 26.0 Å². The third-order valence-electron chi connectivity index (χ3n) is 2.97. The summed E-state index contributed by atoms with van der Waals surface area (Å²) in [4.78, 5) is 4.13. The van der Waals surface area contributed by atoms with Gasteiger partial charge in [0.15, 0.2) is 17.5 Å². The van der Waals surface area contributed by atoms with Gasteiger partial charge in [-0.2, -0.15) is 0 Å². The van der Waals surface area contributed by atoms with Crippen LogP contribution in [0.1, 0.15) is 31.7 Å². The Morgan fingerprint density at radius 1 is 1.30 bits per heavy atom. The first kappa shape index (κ1) is 16.3. The van der Waals surface area contributed by atoms with Crippen LogP contribution in [0.4, 0.5) is 4.39 Å². The van der Waals surface area contributed by atoms with Crippen molar-refractivity contribution in [2.75, 3.05) is 20.7 Å². The van der Waals surface area contributed by atoms with E-state index < -0.39 is 0 Å². The monoisotopic (exact) mass is 281 g/mol. The number of unbranched alkanes of at least 4 members (excludes halogenated alkanes) is 2. The van der Waals surface area contributed by atoms with E-state index in [0.29, 0.717) is 6.54 Å². The minimum absolute atomic E-state index is 0.260. The van der Waals surface area contributed by atoms with E-state index in [0.717, 1.165) is 24.5 Å². The molecule has 20 heavy (non-hydrogen) atoms. The Bertz CT molecular complexity index is 435. The molecule has 0 aromatic heterocycles. The van der Waals surface area contributed by atoms with Crippen molar-refractivity contribution in [2.24, 2.45) is 4.99 Å². The predicted octanol–water partition coefficient (Wildman–Crippen LogP) is 2.69. The zero-order valence-electron chi connectivity index (χ0n) is 12.5. The molecule has 0 aliphatic carbocycles. The lowest BCUT2D eigenvalue weighted by molar-refractivity contribution is 0.386. The van der Waals surface area contributed by atoms with Crippen molar-refractivity contribution in [3.8, 4) is 5.75 Å². The number of hydrogen-bond donors (Lipinski definition) is 2. The van der Waals surface area contributed by atoms with Gasteiger partial charge in [-0.25, -0.2) is 4.39 Å². The van der Waals surface area contributed by atoms with Gasteiger partial charge in [0.25, 0.3) is 0 Å². The molecule has 1 rings (SSSR count). The highest BCUT2D eigenvalue weighted by Gasteiger charge is 2.04. The summed E-state index contributed by atoms with van der Waals surface area (Å²) in [6.07, 6.45) is 3.51. The lowest BCUT2D eigenvalue weighted by Gasteiger charge is -2.12. The summed E-state index contributed by atoms with van der Waals surface area (Å²) in [5.41, 5.74) is 0.847. The molecule has 0 saturated carbocycles. The Morgan fingerprint density at radius 2 is 2.10 bits per heavy atom. The summed E-state index contributed by atoms with van der Waals surface area (Å²) in [6, 6.07) is 4.93. The molecule has 5 heteroatoms. The molecule has 0 amide bonds. The number of halogens is 1. The van der Waals surface area contributed by atoms with E-state index >= 15 is 0 Å². The van der Waals surface area contributed by atoms with Gasteiger partial charge in [0.2, 0.25) is 0 Å². The molecule has 0 spiro atoms. The predicted molar refractivity (Wildman–Crippen MR) is 80.7 cm³/mol. The lowest BCUT2D eigenvalue weighted by Crippen LogP contribution is -2.37. The van der Waals surface area contributed by atoms with Crippen molar-refractivity contribution in [1.29, 1.82) is 0 Å². The van der Waals surface area contributed by atoms with Crippen LogP contribution in [0.5, 0.6) is 5.75 Å². The Balaban J connectivity index is 2.42. The van der Waals surface area contributed by atoms with Crippen LogP contribution in [0.3, 0.4) is 0 Å². The second kappa shape index (κ2) is 9.18. The molecule has 0 saturated heterocycles. The highest BCUT2D eigenvalue weighted by molar-refractivity contribution is 5.79. The summed E-state index contributed by atoms with van der Waals surface area (Å²) in [5.74, 6) is 0.644. The molecule has 4 nitrogen and oxygen atoms in total. The van der Waals surface area contributed by atoms with Gasteiger partial charge < -0.3 is 15.4 Å². The summed E-state index contributed by atoms with van der Waals surface area (Å²) >= 11 is 0. The number of benzene rings is 1. The molecule has 2 N–H and O–H groups in total. The molecule has 1 aromatic carbocycles. The van der Waals surface area contributed by atoms with Crippen molar-refractivity contribution >= 4 is 5.96 Å². The van der Waals surface area contributed by atoms with Crippen LogP contribution in [0.2, 0.25) is 0 Å². The van der Waals surface area contributed by atoms with Crippen LogP contribution in [-0.2, 0) is 6.54 Å². The number of rotatable bonds is 7. The third kappa shape index (κ3) is 5.47. The van der Waals surface area contributed by atoms with E-state index in [9.17, 15) is 4.39 Å². The van der Waals surface area contributed by atoms with Gasteiger partial charge >= 0.3 is 0 Å². The summed E-state index contributed by atoms with van der Waals surface area (Å²) < 4.78 is 18.4. The van der Waals surface area contributed by atoms with E-state index in [1.807, 2.05) is 6.07 Å². The number of hydrogen-bond acceptors (Lipinski definition) is 2. The molecular formula is C15H24FN3O. The molecule has 0 aliphatic rings. The lowest BCUT2D eigenvalue weighted by atomic mass is 10.2. The maximum atomic E-state index is 13.5. The van der Waals surface area contributed by atoms with Gasteiger partial charge in [-0.1, -0.05) is 25.8 Å². The standard InChI is InChI=1S/C15H24FN3O/c1-4-5-6-9-18-15(17-2)19-11-12-7-8-14(20-3)13(16)10-12/h7-8,10H,4-6,9,11H2,1-3H3,(H2,17,18,19). The number of guanidine groups is 1. The zero-order valence-corrected chi connectivity index (χ0v) is 12.5. The first-order valence-corrected chi connectivity index (χ1v) is 6.98. The van der Waals surface area contributed by atoms with Gasteiger partial charge in [0.1, 0.15) is 0 Å². The van der Waals surface area contributed by atoms with E-state index in [1.54, 1.807) is 13.1 Å². The Hall–Kier alpha value is -1.78. The number of nitrogens with zero attached hydrogens (tertiary/aromatic N) is 1. The van der Waals surface area contributed by atoms with Crippen molar-refractivity contribution in [3.05, 3.63) is 29.6 Å². The molecule has 112 valence electrons. The number of aliphatic imine (C=N–C) groups is 1. The van der Waals surface area contributed by atoms with Gasteiger partial charge in [-0.05, 0) is 24.1 Å². The van der Waals surface area contributed by atoms with Crippen LogP contribution < -0.4 is 15.4 Å². The first-order valence-electron chi connectivity index (χ1n) is 6.98. The van der Waals surface area contributed by atoms with Crippen LogP contribution in [0, 0.1) is 5.82 Å². The van der Waals surface area contributed by atoms with Gasteiger partial charge in [0.05, 0.1) is 7.11 Å². The maximum absolute atomic E-state index is 13.5. The number of methoxy groups -OCH3 is 1. The zero-order chi connectivity index (χ0) is 14.8. The molecule has 1 aromatic rings. The van der Waals surface area contributed by atoms with Crippen LogP contribution in [0.15, 0.2) is 23.2 Å². The van der Waals surface area contributed by atoms with Crippen LogP contribution in [-0.4, -0.2) is 26.7 Å². The van der Waals surface area contributed by atoms with Gasteiger partial charge in [-0.3, -0.25) is 4.99 Å². The highest BCUT2D eigenvalue weighted by atomic mass is 19.1. The summed E-state index contributed by atoms with van der Waals surface area (Å²) in [5, 5.41) is 6.39. The fourth-order valence-electron chi connectivity index (χ4n) is 1.81.